The van der Waals surface area contributed by atoms with E-state index in [0.717, 1.165) is 21.9 Å². The molecule has 0 spiro atoms. The Balaban J connectivity index is 1.55. The van der Waals surface area contributed by atoms with Crippen LogP contribution in [0.5, 0.6) is 0 Å². The molecule has 6 heteroatoms. The van der Waals surface area contributed by atoms with Gasteiger partial charge in [0, 0.05) is 11.6 Å². The van der Waals surface area contributed by atoms with Crippen LogP contribution >= 0.6 is 12.2 Å². The summed E-state index contributed by atoms with van der Waals surface area (Å²) in [6, 6.07) is 21.0. The molecule has 0 aliphatic carbocycles. The van der Waals surface area contributed by atoms with E-state index in [0.29, 0.717) is 5.56 Å². The third-order valence-electron chi connectivity index (χ3n) is 4.04. The van der Waals surface area contributed by atoms with Crippen LogP contribution in [0, 0.1) is 6.92 Å². The number of aryl methyl sites for hydroxylation is 1. The maximum atomic E-state index is 12.1. The average Bonchev–Trinajstić information content (AvgIpc) is 2.70. The highest BCUT2D eigenvalue weighted by atomic mass is 32.1. The van der Waals surface area contributed by atoms with Crippen molar-refractivity contribution in [2.45, 2.75) is 6.92 Å². The minimum absolute atomic E-state index is 0.00794. The van der Waals surface area contributed by atoms with Gasteiger partial charge in [0.1, 0.15) is 0 Å². The van der Waals surface area contributed by atoms with Gasteiger partial charge in [0.15, 0.2) is 5.11 Å². The zero-order valence-corrected chi connectivity index (χ0v) is 16.0. The van der Waals surface area contributed by atoms with Gasteiger partial charge >= 0.3 is 0 Å². The Labute approximate surface area is 168 Å². The summed E-state index contributed by atoms with van der Waals surface area (Å²) in [4.78, 5) is 24.1. The van der Waals surface area contributed by atoms with E-state index >= 15 is 0 Å². The van der Waals surface area contributed by atoms with Crippen molar-refractivity contribution in [3.8, 4) is 0 Å². The molecule has 0 atom stereocenters. The molecule has 3 aromatic rings. The second-order valence-electron chi connectivity index (χ2n) is 6.17. The molecule has 0 aliphatic rings. The number of benzene rings is 3. The first-order valence-corrected chi connectivity index (χ1v) is 9.07. The minimum Gasteiger partial charge on any atom is -0.298 e. The Kier molecular flexibility index (Phi) is 6.14. The highest BCUT2D eigenvalue weighted by Gasteiger charge is 2.07. The van der Waals surface area contributed by atoms with Crippen molar-refractivity contribution in [3.63, 3.8) is 0 Å². The fourth-order valence-corrected chi connectivity index (χ4v) is 2.87. The molecule has 0 aliphatic heterocycles. The zero-order valence-electron chi connectivity index (χ0n) is 15.2. The van der Waals surface area contributed by atoms with Gasteiger partial charge in [-0.15, -0.1) is 0 Å². The number of carbonyl (C=O) groups excluding carboxylic acids is 2. The van der Waals surface area contributed by atoms with Crippen LogP contribution < -0.4 is 16.2 Å². The largest absolute Gasteiger partial charge is 0.298 e. The van der Waals surface area contributed by atoms with Crippen molar-refractivity contribution in [2.24, 2.45) is 0 Å². The smallest absolute Gasteiger partial charge is 0.269 e. The van der Waals surface area contributed by atoms with Gasteiger partial charge in [-0.05, 0) is 53.7 Å². The summed E-state index contributed by atoms with van der Waals surface area (Å²) in [5, 5.41) is 4.66. The van der Waals surface area contributed by atoms with Crippen molar-refractivity contribution in [2.75, 3.05) is 0 Å². The van der Waals surface area contributed by atoms with E-state index in [1.165, 1.54) is 6.08 Å². The normalized spacial score (nSPS) is 10.6. The van der Waals surface area contributed by atoms with Crippen LogP contribution in [0.4, 0.5) is 0 Å². The average molecular weight is 389 g/mol. The number of amides is 2. The van der Waals surface area contributed by atoms with Crippen molar-refractivity contribution < 1.29 is 9.59 Å². The lowest BCUT2D eigenvalue weighted by Crippen LogP contribution is -2.48. The van der Waals surface area contributed by atoms with Gasteiger partial charge in [-0.2, -0.15) is 0 Å². The fraction of sp³-hybridized carbons (Fsp3) is 0.0455. The number of hydrogen-bond donors (Lipinski definition) is 3. The highest BCUT2D eigenvalue weighted by Crippen LogP contribution is 2.19. The number of rotatable bonds is 3. The predicted molar refractivity (Wildman–Crippen MR) is 116 cm³/mol. The molecule has 0 saturated heterocycles. The van der Waals surface area contributed by atoms with Gasteiger partial charge in [0.25, 0.3) is 5.91 Å². The van der Waals surface area contributed by atoms with Crippen molar-refractivity contribution in [1.82, 2.24) is 16.2 Å². The van der Waals surface area contributed by atoms with E-state index in [-0.39, 0.29) is 11.0 Å². The zero-order chi connectivity index (χ0) is 19.9. The van der Waals surface area contributed by atoms with Gasteiger partial charge in [0.05, 0.1) is 0 Å². The van der Waals surface area contributed by atoms with Gasteiger partial charge in [-0.1, -0.05) is 60.2 Å². The second kappa shape index (κ2) is 8.92. The van der Waals surface area contributed by atoms with Gasteiger partial charge in [-0.3, -0.25) is 25.8 Å². The molecule has 3 rings (SSSR count). The van der Waals surface area contributed by atoms with Crippen molar-refractivity contribution in [1.29, 1.82) is 0 Å². The van der Waals surface area contributed by atoms with E-state index in [9.17, 15) is 9.59 Å². The summed E-state index contributed by atoms with van der Waals surface area (Å²) in [5.74, 6) is -0.734. The third kappa shape index (κ3) is 5.02. The first-order valence-electron chi connectivity index (χ1n) is 8.67. The lowest BCUT2D eigenvalue weighted by Gasteiger charge is -2.10. The van der Waals surface area contributed by atoms with Crippen molar-refractivity contribution in [3.05, 3.63) is 89.5 Å². The SMILES string of the molecule is Cc1cccc(C(=O)NNC(=S)NC(=O)/C=C/c2cccc3ccccc23)c1. The summed E-state index contributed by atoms with van der Waals surface area (Å²) in [6.07, 6.45) is 3.13. The van der Waals surface area contributed by atoms with E-state index < -0.39 is 5.91 Å². The van der Waals surface area contributed by atoms with E-state index in [2.05, 4.69) is 16.2 Å². The molecule has 28 heavy (non-hydrogen) atoms. The molecule has 0 radical (unpaired) electrons. The number of hydrogen-bond acceptors (Lipinski definition) is 3. The molecule has 0 aromatic heterocycles. The number of carbonyl (C=O) groups is 2. The standard InChI is InChI=1S/C22H19N3O2S/c1-15-6-4-10-18(14-15)21(27)24-25-22(28)23-20(26)13-12-17-9-5-8-16-7-2-3-11-19(16)17/h2-14H,1H3,(H,24,27)(H2,23,25,26,28)/b13-12+. The summed E-state index contributed by atoms with van der Waals surface area (Å²) in [5.41, 5.74) is 7.39. The molecular formula is C22H19N3O2S. The van der Waals surface area contributed by atoms with Crippen LogP contribution in [0.3, 0.4) is 0 Å². The van der Waals surface area contributed by atoms with Crippen LogP contribution in [-0.2, 0) is 4.79 Å². The molecular weight excluding hydrogens is 370 g/mol. The Morgan fingerprint density at radius 1 is 0.929 bits per heavy atom. The first-order chi connectivity index (χ1) is 13.5. The molecule has 5 nitrogen and oxygen atoms in total. The summed E-state index contributed by atoms with van der Waals surface area (Å²) >= 11 is 5.04. The summed E-state index contributed by atoms with van der Waals surface area (Å²) in [7, 11) is 0. The second-order valence-corrected chi connectivity index (χ2v) is 6.58. The molecule has 140 valence electrons. The fourth-order valence-electron chi connectivity index (χ4n) is 2.72. The van der Waals surface area contributed by atoms with Crippen molar-refractivity contribution >= 4 is 46.0 Å². The van der Waals surface area contributed by atoms with E-state index in [4.69, 9.17) is 12.2 Å². The number of thiocarbonyl (C=S) groups is 1. The Morgan fingerprint density at radius 2 is 1.68 bits per heavy atom. The molecule has 0 fully saturated rings. The van der Waals surface area contributed by atoms with E-state index in [1.807, 2.05) is 55.5 Å². The molecule has 0 heterocycles. The van der Waals surface area contributed by atoms with Crippen LogP contribution in [0.15, 0.2) is 72.8 Å². The Hall–Kier alpha value is -3.51. The third-order valence-corrected chi connectivity index (χ3v) is 4.25. The highest BCUT2D eigenvalue weighted by molar-refractivity contribution is 7.80. The monoisotopic (exact) mass is 389 g/mol. The number of hydrazine groups is 1. The van der Waals surface area contributed by atoms with Gasteiger partial charge < -0.3 is 0 Å². The molecule has 3 N–H and O–H groups in total. The molecule has 3 aromatic carbocycles. The maximum Gasteiger partial charge on any atom is 0.269 e. The van der Waals surface area contributed by atoms with Crippen LogP contribution in [0.2, 0.25) is 0 Å². The summed E-state index contributed by atoms with van der Waals surface area (Å²) < 4.78 is 0. The number of nitrogens with one attached hydrogen (secondary N) is 3. The topological polar surface area (TPSA) is 70.2 Å². The molecule has 0 unspecified atom stereocenters. The minimum atomic E-state index is -0.393. The molecule has 0 bridgehead atoms. The first kappa shape index (κ1) is 19.3. The Morgan fingerprint density at radius 3 is 2.50 bits per heavy atom. The quantitative estimate of drug-likeness (QED) is 0.364. The van der Waals surface area contributed by atoms with E-state index in [1.54, 1.807) is 24.3 Å². The molecule has 2 amide bonds. The van der Waals surface area contributed by atoms with Crippen LogP contribution in [-0.4, -0.2) is 16.9 Å². The van der Waals surface area contributed by atoms with Gasteiger partial charge in [0.2, 0.25) is 5.91 Å². The van der Waals surface area contributed by atoms with Crippen LogP contribution in [0.25, 0.3) is 16.8 Å². The lowest BCUT2D eigenvalue weighted by molar-refractivity contribution is -0.115. The maximum absolute atomic E-state index is 12.1. The lowest BCUT2D eigenvalue weighted by atomic mass is 10.0. The molecule has 0 saturated carbocycles. The number of fused-ring (bicyclic) bond motifs is 1. The Bertz CT molecular complexity index is 1070. The van der Waals surface area contributed by atoms with Crippen LogP contribution in [0.1, 0.15) is 21.5 Å². The van der Waals surface area contributed by atoms with Gasteiger partial charge in [-0.25, -0.2) is 0 Å². The predicted octanol–water partition coefficient (Wildman–Crippen LogP) is 3.50. The summed E-state index contributed by atoms with van der Waals surface area (Å²) in [6.45, 7) is 1.90.